The quantitative estimate of drug-likeness (QED) is 0.583. The van der Waals surface area contributed by atoms with Gasteiger partial charge in [-0.05, 0) is 44.0 Å². The van der Waals surface area contributed by atoms with Crippen molar-refractivity contribution in [3.05, 3.63) is 71.3 Å². The van der Waals surface area contributed by atoms with Crippen molar-refractivity contribution in [3.8, 4) is 5.75 Å². The molecule has 7 heteroatoms. The fraction of sp³-hybridized carbons (Fsp3) is 0.318. The predicted octanol–water partition coefficient (Wildman–Crippen LogP) is 3.24. The van der Waals surface area contributed by atoms with Gasteiger partial charge in [0, 0.05) is 24.2 Å². The molecule has 0 heterocycles. The van der Waals surface area contributed by atoms with Crippen LogP contribution < -0.4 is 14.8 Å². The normalized spacial score (nSPS) is 11.7. The number of hydrogen-bond donors (Lipinski definition) is 2. The van der Waals surface area contributed by atoms with Crippen LogP contribution in [0.5, 0.6) is 5.75 Å². The third kappa shape index (κ3) is 8.09. The number of benzene rings is 2. The van der Waals surface area contributed by atoms with Gasteiger partial charge in [0.15, 0.2) is 0 Å². The van der Waals surface area contributed by atoms with Crippen LogP contribution in [0, 0.1) is 0 Å². The first-order valence-electron chi connectivity index (χ1n) is 9.54. The molecule has 0 aliphatic heterocycles. The van der Waals surface area contributed by atoms with Crippen molar-refractivity contribution in [2.45, 2.75) is 39.1 Å². The maximum absolute atomic E-state index is 12.1. The van der Waals surface area contributed by atoms with E-state index in [0.29, 0.717) is 18.7 Å². The molecule has 0 saturated carbocycles. The molecule has 0 saturated heterocycles. The second-order valence-corrected chi connectivity index (χ2v) is 8.62. The highest BCUT2D eigenvalue weighted by atomic mass is 32.2. The van der Waals surface area contributed by atoms with Crippen LogP contribution in [0.15, 0.2) is 54.6 Å². The van der Waals surface area contributed by atoms with E-state index in [1.54, 1.807) is 32.1 Å². The maximum atomic E-state index is 12.1. The number of para-hydroxylation sites is 1. The Kier molecular flexibility index (Phi) is 8.42. The van der Waals surface area contributed by atoms with Gasteiger partial charge in [-0.3, -0.25) is 4.79 Å². The van der Waals surface area contributed by atoms with Gasteiger partial charge in [-0.15, -0.1) is 0 Å². The summed E-state index contributed by atoms with van der Waals surface area (Å²) in [5.74, 6) is 0.445. The van der Waals surface area contributed by atoms with Gasteiger partial charge in [-0.25, -0.2) is 13.1 Å². The van der Waals surface area contributed by atoms with Crippen molar-refractivity contribution < 1.29 is 17.9 Å². The molecule has 2 aromatic carbocycles. The van der Waals surface area contributed by atoms with Gasteiger partial charge in [-0.1, -0.05) is 42.5 Å². The zero-order valence-corrected chi connectivity index (χ0v) is 17.8. The van der Waals surface area contributed by atoms with Gasteiger partial charge in [0.1, 0.15) is 5.75 Å². The summed E-state index contributed by atoms with van der Waals surface area (Å²) in [7, 11) is -3.35. The fourth-order valence-electron chi connectivity index (χ4n) is 2.69. The molecule has 0 aliphatic carbocycles. The standard InChI is InChI=1S/C22H28N2O4S/c1-4-28-21-8-6-5-7-20(21)13-14-22(25)23-15-18-9-11-19(12-10-18)16-29(26,27)24-17(2)3/h5-14,17,24H,4,15-16H2,1-3H3,(H,23,25)/b14-13+. The molecule has 29 heavy (non-hydrogen) atoms. The number of carbonyl (C=O) groups is 1. The number of sulfonamides is 1. The summed E-state index contributed by atoms with van der Waals surface area (Å²) in [5.41, 5.74) is 2.42. The van der Waals surface area contributed by atoms with Crippen LogP contribution in [0.2, 0.25) is 0 Å². The van der Waals surface area contributed by atoms with E-state index in [1.165, 1.54) is 6.08 Å². The molecule has 6 nitrogen and oxygen atoms in total. The molecule has 0 aromatic heterocycles. The maximum Gasteiger partial charge on any atom is 0.244 e. The van der Waals surface area contributed by atoms with Crippen LogP contribution in [-0.4, -0.2) is 27.0 Å². The second kappa shape index (κ2) is 10.8. The van der Waals surface area contributed by atoms with Crippen molar-refractivity contribution >= 4 is 22.0 Å². The van der Waals surface area contributed by atoms with E-state index < -0.39 is 10.0 Å². The topological polar surface area (TPSA) is 84.5 Å². The zero-order chi connectivity index (χ0) is 21.3. The minimum atomic E-state index is -3.35. The Morgan fingerprint density at radius 2 is 1.72 bits per heavy atom. The third-order valence-corrected chi connectivity index (χ3v) is 5.44. The average molecular weight is 417 g/mol. The van der Waals surface area contributed by atoms with Gasteiger partial charge in [0.2, 0.25) is 15.9 Å². The summed E-state index contributed by atoms with van der Waals surface area (Å²) < 4.78 is 32.1. The Bertz CT molecular complexity index is 936. The minimum Gasteiger partial charge on any atom is -0.493 e. The summed E-state index contributed by atoms with van der Waals surface area (Å²) >= 11 is 0. The lowest BCUT2D eigenvalue weighted by molar-refractivity contribution is -0.116. The van der Waals surface area contributed by atoms with Crippen LogP contribution >= 0.6 is 0 Å². The molecule has 0 fully saturated rings. The van der Waals surface area contributed by atoms with E-state index >= 15 is 0 Å². The summed E-state index contributed by atoms with van der Waals surface area (Å²) in [6.45, 7) is 6.39. The average Bonchev–Trinajstić information content (AvgIpc) is 2.65. The van der Waals surface area contributed by atoms with E-state index in [9.17, 15) is 13.2 Å². The van der Waals surface area contributed by atoms with E-state index in [4.69, 9.17) is 4.74 Å². The van der Waals surface area contributed by atoms with Crippen LogP contribution in [0.4, 0.5) is 0 Å². The first-order chi connectivity index (χ1) is 13.8. The fourth-order valence-corrected chi connectivity index (χ4v) is 4.13. The van der Waals surface area contributed by atoms with Crippen LogP contribution in [0.1, 0.15) is 37.5 Å². The Morgan fingerprint density at radius 1 is 1.07 bits per heavy atom. The molecule has 156 valence electrons. The molecule has 0 radical (unpaired) electrons. The van der Waals surface area contributed by atoms with Gasteiger partial charge < -0.3 is 10.1 Å². The lowest BCUT2D eigenvalue weighted by Gasteiger charge is -2.10. The Hall–Kier alpha value is -2.64. The first kappa shape index (κ1) is 22.6. The zero-order valence-electron chi connectivity index (χ0n) is 17.0. The highest BCUT2D eigenvalue weighted by Gasteiger charge is 2.12. The molecule has 0 unspecified atom stereocenters. The third-order valence-electron chi connectivity index (χ3n) is 3.89. The lowest BCUT2D eigenvalue weighted by Crippen LogP contribution is -2.31. The van der Waals surface area contributed by atoms with Crippen LogP contribution in [0.25, 0.3) is 6.08 Å². The molecule has 0 aliphatic rings. The van der Waals surface area contributed by atoms with E-state index in [0.717, 1.165) is 16.9 Å². The predicted molar refractivity (Wildman–Crippen MR) is 116 cm³/mol. The number of rotatable bonds is 10. The summed E-state index contributed by atoms with van der Waals surface area (Å²) in [6.07, 6.45) is 3.19. The van der Waals surface area contributed by atoms with E-state index in [-0.39, 0.29) is 17.7 Å². The molecule has 0 bridgehead atoms. The lowest BCUT2D eigenvalue weighted by atomic mass is 10.1. The molecular weight excluding hydrogens is 388 g/mol. The van der Waals surface area contributed by atoms with E-state index in [2.05, 4.69) is 10.0 Å². The Labute approximate surface area is 173 Å². The van der Waals surface area contributed by atoms with Crippen molar-refractivity contribution in [3.63, 3.8) is 0 Å². The highest BCUT2D eigenvalue weighted by Crippen LogP contribution is 2.19. The van der Waals surface area contributed by atoms with Crippen LogP contribution in [0.3, 0.4) is 0 Å². The Morgan fingerprint density at radius 3 is 2.38 bits per heavy atom. The smallest absolute Gasteiger partial charge is 0.244 e. The largest absolute Gasteiger partial charge is 0.493 e. The summed E-state index contributed by atoms with van der Waals surface area (Å²) in [5, 5.41) is 2.82. The molecule has 0 atom stereocenters. The molecule has 1 amide bonds. The monoisotopic (exact) mass is 416 g/mol. The summed E-state index contributed by atoms with van der Waals surface area (Å²) in [6, 6.07) is 14.5. The second-order valence-electron chi connectivity index (χ2n) is 6.87. The number of carbonyl (C=O) groups excluding carboxylic acids is 1. The van der Waals surface area contributed by atoms with Crippen molar-refractivity contribution in [1.82, 2.24) is 10.0 Å². The first-order valence-corrected chi connectivity index (χ1v) is 11.2. The molecule has 2 aromatic rings. The van der Waals surface area contributed by atoms with Crippen molar-refractivity contribution in [2.24, 2.45) is 0 Å². The molecule has 2 rings (SSSR count). The van der Waals surface area contributed by atoms with Crippen LogP contribution in [-0.2, 0) is 27.1 Å². The number of amides is 1. The van der Waals surface area contributed by atoms with Crippen molar-refractivity contribution in [2.75, 3.05) is 6.61 Å². The van der Waals surface area contributed by atoms with Gasteiger partial charge >= 0.3 is 0 Å². The van der Waals surface area contributed by atoms with Gasteiger partial charge in [0.05, 0.1) is 12.4 Å². The summed E-state index contributed by atoms with van der Waals surface area (Å²) in [4.78, 5) is 12.1. The SMILES string of the molecule is CCOc1ccccc1/C=C/C(=O)NCc1ccc(CS(=O)(=O)NC(C)C)cc1. The highest BCUT2D eigenvalue weighted by molar-refractivity contribution is 7.88. The molecule has 0 spiro atoms. The van der Waals surface area contributed by atoms with Gasteiger partial charge in [0.25, 0.3) is 0 Å². The number of nitrogens with one attached hydrogen (secondary N) is 2. The van der Waals surface area contributed by atoms with Crippen molar-refractivity contribution in [1.29, 1.82) is 0 Å². The molecule has 2 N–H and O–H groups in total. The number of ether oxygens (including phenoxy) is 1. The number of hydrogen-bond acceptors (Lipinski definition) is 4. The van der Waals surface area contributed by atoms with Gasteiger partial charge in [-0.2, -0.15) is 0 Å². The molecular formula is C22H28N2O4S. The minimum absolute atomic E-state index is 0.0696. The Balaban J connectivity index is 1.89. The van der Waals surface area contributed by atoms with E-state index in [1.807, 2.05) is 43.3 Å².